The van der Waals surface area contributed by atoms with E-state index in [2.05, 4.69) is 10.5 Å². The number of aromatic nitrogens is 1. The van der Waals surface area contributed by atoms with Crippen LogP contribution < -0.4 is 15.7 Å². The summed E-state index contributed by atoms with van der Waals surface area (Å²) >= 11 is 12.2. The zero-order valence-electron chi connectivity index (χ0n) is 16.8. The SMILES string of the molecule is CCCOc1ccc(/C=N\NC(=O)c2cccn(Cc3cccc(Cl)c3)c2=O)cc1Cl. The average Bonchev–Trinajstić information content (AvgIpc) is 2.74. The van der Waals surface area contributed by atoms with Gasteiger partial charge in [-0.1, -0.05) is 42.3 Å². The van der Waals surface area contributed by atoms with Gasteiger partial charge in [0, 0.05) is 11.2 Å². The molecule has 8 heteroatoms. The van der Waals surface area contributed by atoms with Crippen LogP contribution in [0.1, 0.15) is 34.8 Å². The Kier molecular flexibility index (Phi) is 7.87. The standard InChI is InChI=1S/C23H21Cl2N3O3/c1-2-11-31-21-9-8-16(13-20(21)25)14-26-27-22(29)19-7-4-10-28(23(19)30)15-17-5-3-6-18(24)12-17/h3-10,12-14H,2,11,15H2,1H3,(H,27,29)/b26-14-. The quantitative estimate of drug-likeness (QED) is 0.391. The highest BCUT2D eigenvalue weighted by Crippen LogP contribution is 2.25. The van der Waals surface area contributed by atoms with Gasteiger partial charge in [0.1, 0.15) is 11.3 Å². The van der Waals surface area contributed by atoms with Crippen LogP contribution in [0.3, 0.4) is 0 Å². The Labute approximate surface area is 190 Å². The van der Waals surface area contributed by atoms with Gasteiger partial charge < -0.3 is 9.30 Å². The summed E-state index contributed by atoms with van der Waals surface area (Å²) in [5, 5.41) is 4.96. The summed E-state index contributed by atoms with van der Waals surface area (Å²) < 4.78 is 6.97. The van der Waals surface area contributed by atoms with E-state index in [0.717, 1.165) is 12.0 Å². The molecule has 6 nitrogen and oxygen atoms in total. The Morgan fingerprint density at radius 2 is 2.00 bits per heavy atom. The van der Waals surface area contributed by atoms with Gasteiger partial charge >= 0.3 is 0 Å². The van der Waals surface area contributed by atoms with Crippen molar-refractivity contribution in [2.75, 3.05) is 6.61 Å². The number of amides is 1. The number of hydrogen-bond acceptors (Lipinski definition) is 4. The predicted octanol–water partition coefficient (Wildman–Crippen LogP) is 4.76. The second kappa shape index (κ2) is 10.8. The fraction of sp³-hybridized carbons (Fsp3) is 0.174. The van der Waals surface area contributed by atoms with Crippen molar-refractivity contribution in [2.45, 2.75) is 19.9 Å². The van der Waals surface area contributed by atoms with Gasteiger partial charge in [-0.15, -0.1) is 0 Å². The topological polar surface area (TPSA) is 72.7 Å². The van der Waals surface area contributed by atoms with Crippen molar-refractivity contribution in [3.63, 3.8) is 0 Å². The van der Waals surface area contributed by atoms with E-state index < -0.39 is 11.5 Å². The number of carbonyl (C=O) groups excluding carboxylic acids is 1. The highest BCUT2D eigenvalue weighted by Gasteiger charge is 2.12. The minimum atomic E-state index is -0.601. The van der Waals surface area contributed by atoms with E-state index in [1.54, 1.807) is 42.6 Å². The minimum Gasteiger partial charge on any atom is -0.492 e. The molecule has 0 aliphatic carbocycles. The molecule has 160 valence electrons. The van der Waals surface area contributed by atoms with E-state index in [-0.39, 0.29) is 5.56 Å². The lowest BCUT2D eigenvalue weighted by Crippen LogP contribution is -2.30. The average molecular weight is 458 g/mol. The van der Waals surface area contributed by atoms with Crippen molar-refractivity contribution in [2.24, 2.45) is 5.10 Å². The molecule has 3 rings (SSSR count). The molecule has 2 aromatic carbocycles. The van der Waals surface area contributed by atoms with Crippen molar-refractivity contribution >= 4 is 35.3 Å². The van der Waals surface area contributed by atoms with Crippen molar-refractivity contribution in [1.29, 1.82) is 0 Å². The molecule has 1 aromatic heterocycles. The van der Waals surface area contributed by atoms with Gasteiger partial charge in [0.2, 0.25) is 0 Å². The molecule has 1 heterocycles. The predicted molar refractivity (Wildman–Crippen MR) is 124 cm³/mol. The highest BCUT2D eigenvalue weighted by atomic mass is 35.5. The van der Waals surface area contributed by atoms with Crippen LogP contribution in [0.4, 0.5) is 0 Å². The van der Waals surface area contributed by atoms with Gasteiger partial charge in [-0.25, -0.2) is 5.43 Å². The van der Waals surface area contributed by atoms with Crippen molar-refractivity contribution in [1.82, 2.24) is 9.99 Å². The molecule has 0 saturated heterocycles. The highest BCUT2D eigenvalue weighted by molar-refractivity contribution is 6.32. The summed E-state index contributed by atoms with van der Waals surface area (Å²) in [5.74, 6) is -0.00932. The monoisotopic (exact) mass is 457 g/mol. The number of rotatable bonds is 8. The van der Waals surface area contributed by atoms with Crippen molar-refractivity contribution < 1.29 is 9.53 Å². The van der Waals surface area contributed by atoms with Crippen LogP contribution in [0.25, 0.3) is 0 Å². The van der Waals surface area contributed by atoms with Crippen LogP contribution in [0, 0.1) is 0 Å². The maximum atomic E-state index is 12.7. The Bertz CT molecular complexity index is 1160. The van der Waals surface area contributed by atoms with E-state index in [4.69, 9.17) is 27.9 Å². The van der Waals surface area contributed by atoms with E-state index in [1.165, 1.54) is 16.8 Å². The number of benzene rings is 2. The summed E-state index contributed by atoms with van der Waals surface area (Å²) in [6.45, 7) is 2.89. The lowest BCUT2D eigenvalue weighted by Gasteiger charge is -2.08. The van der Waals surface area contributed by atoms with Gasteiger partial charge in [0.25, 0.3) is 11.5 Å². The molecule has 0 radical (unpaired) electrons. The molecule has 1 N–H and O–H groups in total. The summed E-state index contributed by atoms with van der Waals surface area (Å²) in [4.78, 5) is 25.1. The molecule has 0 fully saturated rings. The number of halogens is 2. The van der Waals surface area contributed by atoms with Gasteiger partial charge in [-0.05, 0) is 60.0 Å². The molecule has 0 spiro atoms. The first-order valence-electron chi connectivity index (χ1n) is 9.67. The molecular formula is C23H21Cl2N3O3. The molecule has 0 atom stereocenters. The molecular weight excluding hydrogens is 437 g/mol. The minimum absolute atomic E-state index is 0.0111. The lowest BCUT2D eigenvalue weighted by atomic mass is 10.2. The zero-order chi connectivity index (χ0) is 22.2. The maximum Gasteiger partial charge on any atom is 0.276 e. The fourth-order valence-corrected chi connectivity index (χ4v) is 3.27. The van der Waals surface area contributed by atoms with Crippen LogP contribution in [0.5, 0.6) is 5.75 Å². The third kappa shape index (κ3) is 6.20. The van der Waals surface area contributed by atoms with Gasteiger partial charge in [0.15, 0.2) is 0 Å². The summed E-state index contributed by atoms with van der Waals surface area (Å²) in [6.07, 6.45) is 3.94. The third-order valence-electron chi connectivity index (χ3n) is 4.30. The third-order valence-corrected chi connectivity index (χ3v) is 4.83. The van der Waals surface area contributed by atoms with E-state index >= 15 is 0 Å². The van der Waals surface area contributed by atoms with Crippen LogP contribution in [-0.2, 0) is 6.54 Å². The molecule has 0 saturated carbocycles. The van der Waals surface area contributed by atoms with Crippen molar-refractivity contribution in [3.8, 4) is 5.75 Å². The second-order valence-corrected chi connectivity index (χ2v) is 7.57. The molecule has 0 bridgehead atoms. The second-order valence-electron chi connectivity index (χ2n) is 6.72. The molecule has 0 aliphatic rings. The number of ether oxygens (including phenoxy) is 1. The number of hydrogen-bond donors (Lipinski definition) is 1. The smallest absolute Gasteiger partial charge is 0.276 e. The van der Waals surface area contributed by atoms with Crippen LogP contribution in [0.15, 0.2) is 70.7 Å². The van der Waals surface area contributed by atoms with Crippen LogP contribution >= 0.6 is 23.2 Å². The number of pyridine rings is 1. The molecule has 0 aliphatic heterocycles. The van der Waals surface area contributed by atoms with Gasteiger partial charge in [-0.2, -0.15) is 5.10 Å². The van der Waals surface area contributed by atoms with E-state index in [9.17, 15) is 9.59 Å². The maximum absolute atomic E-state index is 12.7. The van der Waals surface area contributed by atoms with Crippen LogP contribution in [0.2, 0.25) is 10.0 Å². The Balaban J connectivity index is 1.68. The number of nitrogens with zero attached hydrogens (tertiary/aromatic N) is 2. The Hall–Kier alpha value is -3.09. The molecule has 1 amide bonds. The Morgan fingerprint density at radius 3 is 2.74 bits per heavy atom. The first kappa shape index (κ1) is 22.6. The molecule has 31 heavy (non-hydrogen) atoms. The summed E-state index contributed by atoms with van der Waals surface area (Å²) in [7, 11) is 0. The first-order valence-corrected chi connectivity index (χ1v) is 10.4. The number of carbonyl (C=O) groups is 1. The molecule has 3 aromatic rings. The number of nitrogens with one attached hydrogen (secondary N) is 1. The lowest BCUT2D eigenvalue weighted by molar-refractivity contribution is 0.0953. The fourth-order valence-electron chi connectivity index (χ4n) is 2.82. The first-order chi connectivity index (χ1) is 15.0. The number of hydrazone groups is 1. The summed E-state index contributed by atoms with van der Waals surface area (Å²) in [6, 6.07) is 15.5. The normalized spacial score (nSPS) is 10.9. The van der Waals surface area contributed by atoms with Crippen molar-refractivity contribution in [3.05, 3.63) is 97.9 Å². The largest absolute Gasteiger partial charge is 0.492 e. The summed E-state index contributed by atoms with van der Waals surface area (Å²) in [5.41, 5.74) is 3.48. The molecule has 0 unspecified atom stereocenters. The van der Waals surface area contributed by atoms with E-state index in [1.807, 2.05) is 19.1 Å². The Morgan fingerprint density at radius 1 is 1.16 bits per heavy atom. The van der Waals surface area contributed by atoms with Gasteiger partial charge in [0.05, 0.1) is 24.4 Å². The van der Waals surface area contributed by atoms with E-state index in [0.29, 0.717) is 34.5 Å². The van der Waals surface area contributed by atoms with Crippen LogP contribution in [-0.4, -0.2) is 23.3 Å². The zero-order valence-corrected chi connectivity index (χ0v) is 18.4. The van der Waals surface area contributed by atoms with Gasteiger partial charge in [-0.3, -0.25) is 9.59 Å².